The highest BCUT2D eigenvalue weighted by molar-refractivity contribution is 7.99. The number of hydrogen-bond donors (Lipinski definition) is 3. The van der Waals surface area contributed by atoms with Crippen molar-refractivity contribution >= 4 is 29.2 Å². The molecule has 0 radical (unpaired) electrons. The van der Waals surface area contributed by atoms with Gasteiger partial charge in [-0.25, -0.2) is 4.79 Å². The summed E-state index contributed by atoms with van der Waals surface area (Å²) in [5.41, 5.74) is 3.91. The molecule has 0 bridgehead atoms. The first kappa shape index (κ1) is 21.8. The molecule has 0 saturated heterocycles. The van der Waals surface area contributed by atoms with Crippen LogP contribution < -0.4 is 10.6 Å². The number of carbonyl (C=O) groups is 1. The number of urea groups is 1. The van der Waals surface area contributed by atoms with E-state index in [2.05, 4.69) is 56.5 Å². The molecule has 0 spiro atoms. The molecule has 3 N–H and O–H groups in total. The number of phenols is 1. The van der Waals surface area contributed by atoms with Crippen LogP contribution in [0.25, 0.3) is 0 Å². The van der Waals surface area contributed by atoms with Gasteiger partial charge in [0.15, 0.2) is 0 Å². The van der Waals surface area contributed by atoms with E-state index in [4.69, 9.17) is 0 Å². The number of para-hydroxylation sites is 1. The molecule has 2 amide bonds. The molecule has 3 aromatic carbocycles. The Bertz CT molecular complexity index is 970. The number of benzene rings is 3. The Morgan fingerprint density at radius 1 is 0.767 bits per heavy atom. The van der Waals surface area contributed by atoms with Crippen LogP contribution in [0.3, 0.4) is 0 Å². The average Bonchev–Trinajstić information content (AvgIpc) is 2.71. The minimum Gasteiger partial charge on any atom is -0.508 e. The van der Waals surface area contributed by atoms with Crippen LogP contribution in [-0.2, 0) is 0 Å². The van der Waals surface area contributed by atoms with Gasteiger partial charge in [-0.15, -0.1) is 0 Å². The van der Waals surface area contributed by atoms with E-state index in [0.29, 0.717) is 11.8 Å². The van der Waals surface area contributed by atoms with Gasteiger partial charge in [0.1, 0.15) is 5.75 Å². The predicted molar refractivity (Wildman–Crippen MR) is 126 cm³/mol. The first-order valence-corrected chi connectivity index (χ1v) is 10.9. The number of nitrogens with one attached hydrogen (secondary N) is 2. The summed E-state index contributed by atoms with van der Waals surface area (Å²) in [6.45, 7) is 8.53. The van der Waals surface area contributed by atoms with E-state index in [1.54, 1.807) is 23.9 Å². The summed E-state index contributed by atoms with van der Waals surface area (Å²) in [6, 6.07) is 20.7. The molecule has 0 fully saturated rings. The second-order valence-corrected chi connectivity index (χ2v) is 8.97. The molecule has 0 unspecified atom stereocenters. The maximum absolute atomic E-state index is 12.7. The molecule has 0 aromatic heterocycles. The third-order valence-corrected chi connectivity index (χ3v) is 5.81. The van der Waals surface area contributed by atoms with Gasteiger partial charge < -0.3 is 15.7 Å². The van der Waals surface area contributed by atoms with Gasteiger partial charge in [0.05, 0.1) is 0 Å². The number of phenolic OH excluding ortho intramolecular Hbond substituents is 1. The van der Waals surface area contributed by atoms with Gasteiger partial charge in [-0.3, -0.25) is 0 Å². The highest BCUT2D eigenvalue weighted by atomic mass is 32.2. The molecule has 0 heterocycles. The molecule has 4 nitrogen and oxygen atoms in total. The van der Waals surface area contributed by atoms with Crippen molar-refractivity contribution in [2.24, 2.45) is 0 Å². The van der Waals surface area contributed by atoms with E-state index in [9.17, 15) is 9.90 Å². The van der Waals surface area contributed by atoms with Crippen LogP contribution in [0.2, 0.25) is 0 Å². The van der Waals surface area contributed by atoms with Crippen molar-refractivity contribution in [3.63, 3.8) is 0 Å². The van der Waals surface area contributed by atoms with Crippen molar-refractivity contribution in [3.8, 4) is 5.75 Å². The molecule has 156 valence electrons. The fourth-order valence-electron chi connectivity index (χ4n) is 3.23. The minimum atomic E-state index is -0.246. The molecule has 0 atom stereocenters. The lowest BCUT2D eigenvalue weighted by molar-refractivity contribution is 0.262. The maximum Gasteiger partial charge on any atom is 0.323 e. The predicted octanol–water partition coefficient (Wildman–Crippen LogP) is 7.43. The minimum absolute atomic E-state index is 0.246. The lowest BCUT2D eigenvalue weighted by atomic mass is 9.93. The highest BCUT2D eigenvalue weighted by Gasteiger charge is 2.16. The Morgan fingerprint density at radius 3 is 1.77 bits per heavy atom. The maximum atomic E-state index is 12.7. The van der Waals surface area contributed by atoms with Crippen LogP contribution in [-0.4, -0.2) is 11.1 Å². The molecule has 5 heteroatoms. The van der Waals surface area contributed by atoms with Crippen molar-refractivity contribution in [3.05, 3.63) is 77.9 Å². The fourth-order valence-corrected chi connectivity index (χ4v) is 4.04. The van der Waals surface area contributed by atoms with Gasteiger partial charge >= 0.3 is 6.03 Å². The highest BCUT2D eigenvalue weighted by Crippen LogP contribution is 2.33. The number of anilines is 2. The molecule has 30 heavy (non-hydrogen) atoms. The van der Waals surface area contributed by atoms with E-state index in [1.807, 2.05) is 36.4 Å². The van der Waals surface area contributed by atoms with Gasteiger partial charge in [0.2, 0.25) is 0 Å². The van der Waals surface area contributed by atoms with Crippen molar-refractivity contribution in [1.29, 1.82) is 0 Å². The number of aromatic hydroxyl groups is 1. The quantitative estimate of drug-likeness (QED) is 0.388. The smallest absolute Gasteiger partial charge is 0.323 e. The summed E-state index contributed by atoms with van der Waals surface area (Å²) in [5, 5.41) is 15.4. The zero-order valence-electron chi connectivity index (χ0n) is 17.8. The van der Waals surface area contributed by atoms with Crippen LogP contribution in [0.1, 0.15) is 50.7 Å². The number of hydrogen-bond acceptors (Lipinski definition) is 3. The first-order valence-electron chi connectivity index (χ1n) is 10.1. The largest absolute Gasteiger partial charge is 0.508 e. The second-order valence-electron chi connectivity index (χ2n) is 7.82. The summed E-state index contributed by atoms with van der Waals surface area (Å²) in [4.78, 5) is 14.8. The van der Waals surface area contributed by atoms with Crippen LogP contribution in [0.15, 0.2) is 76.5 Å². The van der Waals surface area contributed by atoms with Crippen LogP contribution >= 0.6 is 11.8 Å². The van der Waals surface area contributed by atoms with Crippen molar-refractivity contribution in [1.82, 2.24) is 0 Å². The summed E-state index contributed by atoms with van der Waals surface area (Å²) < 4.78 is 0. The van der Waals surface area contributed by atoms with Gasteiger partial charge in [-0.05, 0) is 71.5 Å². The number of rotatable bonds is 6. The third-order valence-electron chi connectivity index (χ3n) is 4.80. The monoisotopic (exact) mass is 420 g/mol. The molecular formula is C25H28N2O2S. The molecule has 0 saturated carbocycles. The molecule has 0 aliphatic heterocycles. The molecule has 0 aliphatic rings. The average molecular weight is 421 g/mol. The first-order chi connectivity index (χ1) is 14.3. The fraction of sp³-hybridized carbons (Fsp3) is 0.240. The lowest BCUT2D eigenvalue weighted by Crippen LogP contribution is -2.21. The van der Waals surface area contributed by atoms with Crippen LogP contribution in [0, 0.1) is 0 Å². The number of amides is 2. The zero-order valence-corrected chi connectivity index (χ0v) is 18.6. The van der Waals surface area contributed by atoms with E-state index in [-0.39, 0.29) is 11.8 Å². The number of carbonyl (C=O) groups excluding carboxylic acids is 1. The van der Waals surface area contributed by atoms with Crippen molar-refractivity contribution in [2.75, 3.05) is 10.6 Å². The van der Waals surface area contributed by atoms with E-state index in [0.717, 1.165) is 32.3 Å². The van der Waals surface area contributed by atoms with E-state index in [1.165, 1.54) is 0 Å². The molecule has 3 aromatic rings. The molecule has 3 rings (SSSR count). The Balaban J connectivity index is 1.69. The second kappa shape index (κ2) is 9.72. The molecular weight excluding hydrogens is 392 g/mol. The Morgan fingerprint density at radius 2 is 1.27 bits per heavy atom. The van der Waals surface area contributed by atoms with E-state index >= 15 is 0 Å². The van der Waals surface area contributed by atoms with Gasteiger partial charge in [0.25, 0.3) is 0 Å². The van der Waals surface area contributed by atoms with Crippen LogP contribution in [0.4, 0.5) is 16.2 Å². The zero-order chi connectivity index (χ0) is 21.7. The summed E-state index contributed by atoms with van der Waals surface area (Å²) in [6.07, 6.45) is 0. The Kier molecular flexibility index (Phi) is 7.06. The SMILES string of the molecule is CC(C)c1cccc(C(C)C)c1NC(=O)Nc1ccc(Sc2ccc(O)cc2)cc1. The Labute approximate surface area is 182 Å². The van der Waals surface area contributed by atoms with Gasteiger partial charge in [-0.2, -0.15) is 0 Å². The van der Waals surface area contributed by atoms with Crippen molar-refractivity contribution in [2.45, 2.75) is 49.3 Å². The van der Waals surface area contributed by atoms with Gasteiger partial charge in [-0.1, -0.05) is 57.7 Å². The standard InChI is InChI=1S/C25H28N2O2S/c1-16(2)22-6-5-7-23(17(3)4)24(22)27-25(29)26-18-8-12-20(13-9-18)30-21-14-10-19(28)11-15-21/h5-17,28H,1-4H3,(H2,26,27,29). The topological polar surface area (TPSA) is 61.4 Å². The normalized spacial score (nSPS) is 11.0. The lowest BCUT2D eigenvalue weighted by Gasteiger charge is -2.20. The van der Waals surface area contributed by atoms with Gasteiger partial charge in [0, 0.05) is 21.2 Å². The van der Waals surface area contributed by atoms with E-state index < -0.39 is 0 Å². The van der Waals surface area contributed by atoms with Crippen molar-refractivity contribution < 1.29 is 9.90 Å². The summed E-state index contributed by atoms with van der Waals surface area (Å²) >= 11 is 1.60. The van der Waals surface area contributed by atoms with Crippen LogP contribution in [0.5, 0.6) is 5.75 Å². The third kappa shape index (κ3) is 5.57. The Hall–Kier alpha value is -2.92. The molecule has 0 aliphatic carbocycles. The summed E-state index contributed by atoms with van der Waals surface area (Å²) in [7, 11) is 0. The summed E-state index contributed by atoms with van der Waals surface area (Å²) in [5.74, 6) is 0.884.